The first-order valence-electron chi connectivity index (χ1n) is 9.59. The monoisotopic (exact) mass is 401 g/mol. The number of guanidine groups is 1. The summed E-state index contributed by atoms with van der Waals surface area (Å²) < 4.78 is 21.6. The van der Waals surface area contributed by atoms with Gasteiger partial charge in [-0.1, -0.05) is 12.1 Å². The van der Waals surface area contributed by atoms with Crippen molar-refractivity contribution in [3.8, 4) is 23.0 Å². The van der Waals surface area contributed by atoms with E-state index < -0.39 is 0 Å². The molecule has 0 fully saturated rings. The molecule has 158 valence electrons. The van der Waals surface area contributed by atoms with Gasteiger partial charge in [-0.3, -0.25) is 0 Å². The van der Waals surface area contributed by atoms with Crippen LogP contribution in [-0.2, 0) is 13.0 Å². The summed E-state index contributed by atoms with van der Waals surface area (Å²) in [6.07, 6.45) is 0.708. The zero-order valence-electron chi connectivity index (χ0n) is 17.9. The van der Waals surface area contributed by atoms with Crippen LogP contribution in [0.1, 0.15) is 18.1 Å². The molecule has 0 saturated carbocycles. The Labute approximate surface area is 173 Å². The predicted molar refractivity (Wildman–Crippen MR) is 116 cm³/mol. The number of nitrogens with one attached hydrogen (secondary N) is 2. The van der Waals surface area contributed by atoms with E-state index in [0.29, 0.717) is 25.3 Å². The van der Waals surface area contributed by atoms with Crippen LogP contribution in [0.15, 0.2) is 41.4 Å². The van der Waals surface area contributed by atoms with Crippen molar-refractivity contribution in [3.63, 3.8) is 0 Å². The highest BCUT2D eigenvalue weighted by molar-refractivity contribution is 5.79. The minimum Gasteiger partial charge on any atom is -0.497 e. The second-order valence-electron chi connectivity index (χ2n) is 6.23. The topological polar surface area (TPSA) is 73.3 Å². The smallest absolute Gasteiger partial charge is 0.191 e. The van der Waals surface area contributed by atoms with Gasteiger partial charge in [0.2, 0.25) is 0 Å². The van der Waals surface area contributed by atoms with E-state index in [-0.39, 0.29) is 0 Å². The van der Waals surface area contributed by atoms with Gasteiger partial charge >= 0.3 is 0 Å². The van der Waals surface area contributed by atoms with Gasteiger partial charge in [0.25, 0.3) is 0 Å². The second-order valence-corrected chi connectivity index (χ2v) is 6.23. The van der Waals surface area contributed by atoms with E-state index in [9.17, 15) is 0 Å². The van der Waals surface area contributed by atoms with Crippen LogP contribution in [-0.4, -0.2) is 47.5 Å². The van der Waals surface area contributed by atoms with E-state index in [2.05, 4.69) is 15.6 Å². The van der Waals surface area contributed by atoms with Gasteiger partial charge in [-0.05, 0) is 31.0 Å². The number of hydrogen-bond acceptors (Lipinski definition) is 5. The number of ether oxygens (including phenoxy) is 4. The average Bonchev–Trinajstić information content (AvgIpc) is 2.77. The zero-order chi connectivity index (χ0) is 21.1. The van der Waals surface area contributed by atoms with E-state index in [1.807, 2.05) is 43.3 Å². The molecule has 2 aromatic rings. The molecule has 2 aromatic carbocycles. The van der Waals surface area contributed by atoms with Crippen molar-refractivity contribution in [2.45, 2.75) is 19.9 Å². The highest BCUT2D eigenvalue weighted by atomic mass is 16.5. The van der Waals surface area contributed by atoms with Gasteiger partial charge < -0.3 is 29.6 Å². The number of aliphatic imine (C=N–C) groups is 1. The molecule has 0 atom stereocenters. The van der Waals surface area contributed by atoms with Crippen LogP contribution in [0.25, 0.3) is 0 Å². The van der Waals surface area contributed by atoms with Gasteiger partial charge in [-0.2, -0.15) is 0 Å². The van der Waals surface area contributed by atoms with Crippen LogP contribution in [0.3, 0.4) is 0 Å². The molecule has 0 heterocycles. The number of methoxy groups -OCH3 is 4. The van der Waals surface area contributed by atoms with Crippen molar-refractivity contribution in [2.24, 2.45) is 4.99 Å². The minimum atomic E-state index is 0.557. The Balaban J connectivity index is 2.05. The van der Waals surface area contributed by atoms with E-state index in [0.717, 1.165) is 40.9 Å². The molecular weight excluding hydrogens is 370 g/mol. The van der Waals surface area contributed by atoms with Crippen molar-refractivity contribution < 1.29 is 18.9 Å². The summed E-state index contributed by atoms with van der Waals surface area (Å²) in [6.45, 7) is 4.04. The van der Waals surface area contributed by atoms with Crippen LogP contribution < -0.4 is 29.6 Å². The molecule has 0 saturated heterocycles. The summed E-state index contributed by atoms with van der Waals surface area (Å²) in [7, 11) is 6.57. The molecule has 0 bridgehead atoms. The first kappa shape index (κ1) is 22.2. The number of rotatable bonds is 10. The summed E-state index contributed by atoms with van der Waals surface area (Å²) in [6, 6.07) is 11.6. The van der Waals surface area contributed by atoms with Crippen LogP contribution in [0.5, 0.6) is 23.0 Å². The van der Waals surface area contributed by atoms with E-state index in [1.165, 1.54) is 0 Å². The summed E-state index contributed by atoms with van der Waals surface area (Å²) in [5.74, 6) is 3.75. The summed E-state index contributed by atoms with van der Waals surface area (Å²) in [5, 5.41) is 6.63. The van der Waals surface area contributed by atoms with Crippen molar-refractivity contribution in [1.29, 1.82) is 0 Å². The van der Waals surface area contributed by atoms with Gasteiger partial charge in [0.05, 0.1) is 35.0 Å². The summed E-state index contributed by atoms with van der Waals surface area (Å²) in [4.78, 5) is 4.66. The zero-order valence-corrected chi connectivity index (χ0v) is 17.9. The fourth-order valence-electron chi connectivity index (χ4n) is 2.91. The Morgan fingerprint density at radius 1 is 0.862 bits per heavy atom. The lowest BCUT2D eigenvalue weighted by Gasteiger charge is -2.16. The summed E-state index contributed by atoms with van der Waals surface area (Å²) >= 11 is 0. The largest absolute Gasteiger partial charge is 0.497 e. The van der Waals surface area contributed by atoms with E-state index in [4.69, 9.17) is 18.9 Å². The number of nitrogens with zero attached hydrogens (tertiary/aromatic N) is 1. The van der Waals surface area contributed by atoms with Crippen LogP contribution >= 0.6 is 0 Å². The average molecular weight is 402 g/mol. The van der Waals surface area contributed by atoms with Gasteiger partial charge in [0.1, 0.15) is 23.0 Å². The van der Waals surface area contributed by atoms with Gasteiger partial charge in [-0.25, -0.2) is 4.99 Å². The normalized spacial score (nSPS) is 11.0. The molecule has 7 nitrogen and oxygen atoms in total. The molecule has 0 radical (unpaired) electrons. The minimum absolute atomic E-state index is 0.557. The molecule has 0 amide bonds. The molecule has 0 unspecified atom stereocenters. The van der Waals surface area contributed by atoms with Crippen LogP contribution in [0.4, 0.5) is 0 Å². The SMILES string of the molecule is CCNC(=NCc1cccc(OC)c1)NCCc1c(OC)cc(OC)cc1OC. The Morgan fingerprint density at radius 2 is 1.55 bits per heavy atom. The van der Waals surface area contributed by atoms with Crippen molar-refractivity contribution in [3.05, 3.63) is 47.5 Å². The Kier molecular flexibility index (Phi) is 8.95. The standard InChI is InChI=1S/C22H31N3O4/c1-6-23-22(25-15-16-8-7-9-17(12-16)26-2)24-11-10-19-20(28-4)13-18(27-3)14-21(19)29-5/h7-9,12-14H,6,10-11,15H2,1-5H3,(H2,23,24,25). The molecule has 0 aliphatic rings. The first-order valence-corrected chi connectivity index (χ1v) is 9.59. The maximum atomic E-state index is 5.52. The molecule has 7 heteroatoms. The molecule has 29 heavy (non-hydrogen) atoms. The fourth-order valence-corrected chi connectivity index (χ4v) is 2.91. The Morgan fingerprint density at radius 3 is 2.14 bits per heavy atom. The predicted octanol–water partition coefficient (Wildman–Crippen LogP) is 3.02. The molecule has 0 aliphatic carbocycles. The van der Waals surface area contributed by atoms with Crippen molar-refractivity contribution in [1.82, 2.24) is 10.6 Å². The molecule has 2 rings (SSSR count). The van der Waals surface area contributed by atoms with Gasteiger partial charge in [0, 0.05) is 30.8 Å². The van der Waals surface area contributed by atoms with E-state index in [1.54, 1.807) is 28.4 Å². The molecule has 2 N–H and O–H groups in total. The third-order valence-corrected chi connectivity index (χ3v) is 4.38. The molecule has 0 aromatic heterocycles. The number of hydrogen-bond donors (Lipinski definition) is 2. The second kappa shape index (κ2) is 11.7. The molecular formula is C22H31N3O4. The van der Waals surface area contributed by atoms with Gasteiger partial charge in [0.15, 0.2) is 5.96 Å². The van der Waals surface area contributed by atoms with Crippen LogP contribution in [0, 0.1) is 0 Å². The molecule has 0 spiro atoms. The lowest BCUT2D eigenvalue weighted by molar-refractivity contribution is 0.368. The van der Waals surface area contributed by atoms with Gasteiger partial charge in [-0.15, -0.1) is 0 Å². The quantitative estimate of drug-likeness (QED) is 0.471. The maximum absolute atomic E-state index is 5.52. The Bertz CT molecular complexity index is 783. The highest BCUT2D eigenvalue weighted by Crippen LogP contribution is 2.34. The fraction of sp³-hybridized carbons (Fsp3) is 0.409. The van der Waals surface area contributed by atoms with Crippen LogP contribution in [0.2, 0.25) is 0 Å². The van der Waals surface area contributed by atoms with Crippen molar-refractivity contribution >= 4 is 5.96 Å². The first-order chi connectivity index (χ1) is 14.1. The van der Waals surface area contributed by atoms with E-state index >= 15 is 0 Å². The molecule has 0 aliphatic heterocycles. The lowest BCUT2D eigenvalue weighted by atomic mass is 10.1. The third kappa shape index (κ3) is 6.48. The number of benzene rings is 2. The Hall–Kier alpha value is -3.09. The lowest BCUT2D eigenvalue weighted by Crippen LogP contribution is -2.38. The summed E-state index contributed by atoms with van der Waals surface area (Å²) in [5.41, 5.74) is 2.06. The highest BCUT2D eigenvalue weighted by Gasteiger charge is 2.13. The van der Waals surface area contributed by atoms with Crippen molar-refractivity contribution in [2.75, 3.05) is 41.5 Å². The maximum Gasteiger partial charge on any atom is 0.191 e. The third-order valence-electron chi connectivity index (χ3n) is 4.38.